The Morgan fingerprint density at radius 3 is 2.70 bits per heavy atom. The Morgan fingerprint density at radius 1 is 1.11 bits per heavy atom. The number of amides is 1. The van der Waals surface area contributed by atoms with Crippen molar-refractivity contribution in [2.75, 3.05) is 26.3 Å². The van der Waals surface area contributed by atoms with Gasteiger partial charge in [0.2, 0.25) is 5.91 Å². The number of hydrogen-bond acceptors (Lipinski definition) is 4. The molecule has 27 heavy (non-hydrogen) atoms. The zero-order valence-corrected chi connectivity index (χ0v) is 15.1. The quantitative estimate of drug-likeness (QED) is 0.879. The minimum absolute atomic E-state index is 0.0243. The molecule has 2 aromatic carbocycles. The Balaban J connectivity index is 1.36. The monoisotopic (exact) mass is 370 g/mol. The molecule has 1 fully saturated rings. The number of fused-ring (bicyclic) bond motifs is 1. The molecule has 5 nitrogen and oxygen atoms in total. The third-order valence-electron chi connectivity index (χ3n) is 5.06. The molecule has 0 saturated carbocycles. The van der Waals surface area contributed by atoms with Crippen LogP contribution >= 0.6 is 0 Å². The van der Waals surface area contributed by atoms with Crippen LogP contribution < -0.4 is 14.8 Å². The first kappa shape index (κ1) is 17.8. The third-order valence-corrected chi connectivity index (χ3v) is 5.06. The van der Waals surface area contributed by atoms with E-state index < -0.39 is 0 Å². The average molecular weight is 370 g/mol. The SMILES string of the molecule is O=C(CN1CCC[C@@H]1c1ccc2c(c1)OCCO2)NCc1ccc(F)cc1. The number of hydrogen-bond donors (Lipinski definition) is 1. The van der Waals surface area contributed by atoms with Crippen LogP contribution in [0.2, 0.25) is 0 Å². The summed E-state index contributed by atoms with van der Waals surface area (Å²) in [5.74, 6) is 1.27. The number of carbonyl (C=O) groups is 1. The topological polar surface area (TPSA) is 50.8 Å². The summed E-state index contributed by atoms with van der Waals surface area (Å²) in [6.45, 7) is 2.79. The fourth-order valence-electron chi connectivity index (χ4n) is 3.70. The molecule has 2 aliphatic rings. The number of nitrogens with zero attached hydrogens (tertiary/aromatic N) is 1. The fraction of sp³-hybridized carbons (Fsp3) is 0.381. The van der Waals surface area contributed by atoms with Gasteiger partial charge >= 0.3 is 0 Å². The summed E-state index contributed by atoms with van der Waals surface area (Å²) in [7, 11) is 0. The minimum atomic E-state index is -0.274. The highest BCUT2D eigenvalue weighted by molar-refractivity contribution is 5.78. The lowest BCUT2D eigenvalue weighted by molar-refractivity contribution is -0.122. The molecule has 4 rings (SSSR count). The van der Waals surface area contributed by atoms with Crippen LogP contribution in [0.25, 0.3) is 0 Å². The normalized spacial score (nSPS) is 19.1. The van der Waals surface area contributed by atoms with Gasteiger partial charge in [0.05, 0.1) is 6.54 Å². The predicted molar refractivity (Wildman–Crippen MR) is 99.2 cm³/mol. The summed E-state index contributed by atoms with van der Waals surface area (Å²) >= 11 is 0. The molecule has 0 unspecified atom stereocenters. The number of benzene rings is 2. The second-order valence-electron chi connectivity index (χ2n) is 6.93. The van der Waals surface area contributed by atoms with E-state index in [1.54, 1.807) is 12.1 Å². The second kappa shape index (κ2) is 7.96. The van der Waals surface area contributed by atoms with Gasteiger partial charge in [0.15, 0.2) is 11.5 Å². The molecule has 1 atom stereocenters. The van der Waals surface area contributed by atoms with Crippen molar-refractivity contribution in [1.82, 2.24) is 10.2 Å². The molecular weight excluding hydrogens is 347 g/mol. The Bertz CT molecular complexity index is 810. The highest BCUT2D eigenvalue weighted by atomic mass is 19.1. The number of carbonyl (C=O) groups excluding carboxylic acids is 1. The maximum atomic E-state index is 13.0. The van der Waals surface area contributed by atoms with E-state index in [1.807, 2.05) is 12.1 Å². The van der Waals surface area contributed by atoms with Gasteiger partial charge < -0.3 is 14.8 Å². The van der Waals surface area contributed by atoms with Crippen molar-refractivity contribution in [3.63, 3.8) is 0 Å². The maximum Gasteiger partial charge on any atom is 0.234 e. The molecule has 2 heterocycles. The van der Waals surface area contributed by atoms with E-state index in [4.69, 9.17) is 9.47 Å². The number of halogens is 1. The van der Waals surface area contributed by atoms with Gasteiger partial charge in [-0.2, -0.15) is 0 Å². The number of rotatable bonds is 5. The summed E-state index contributed by atoms with van der Waals surface area (Å²) in [5, 5.41) is 2.92. The van der Waals surface area contributed by atoms with E-state index in [9.17, 15) is 9.18 Å². The van der Waals surface area contributed by atoms with Crippen LogP contribution in [0.3, 0.4) is 0 Å². The zero-order valence-electron chi connectivity index (χ0n) is 15.1. The van der Waals surface area contributed by atoms with Gasteiger partial charge in [-0.3, -0.25) is 9.69 Å². The van der Waals surface area contributed by atoms with Gasteiger partial charge in [-0.25, -0.2) is 4.39 Å². The second-order valence-corrected chi connectivity index (χ2v) is 6.93. The summed E-state index contributed by atoms with van der Waals surface area (Å²) in [6.07, 6.45) is 2.08. The Hall–Kier alpha value is -2.60. The molecule has 0 aliphatic carbocycles. The van der Waals surface area contributed by atoms with E-state index in [0.29, 0.717) is 26.3 Å². The van der Waals surface area contributed by atoms with Gasteiger partial charge in [-0.1, -0.05) is 18.2 Å². The van der Waals surface area contributed by atoms with Crippen LogP contribution in [0.15, 0.2) is 42.5 Å². The lowest BCUT2D eigenvalue weighted by Crippen LogP contribution is -2.36. The summed E-state index contributed by atoms with van der Waals surface area (Å²) < 4.78 is 24.2. The van der Waals surface area contributed by atoms with Crippen LogP contribution in [0.5, 0.6) is 11.5 Å². The first-order valence-corrected chi connectivity index (χ1v) is 9.34. The highest BCUT2D eigenvalue weighted by Crippen LogP contribution is 2.37. The predicted octanol–water partition coefficient (Wildman–Crippen LogP) is 3.05. The van der Waals surface area contributed by atoms with Crippen LogP contribution in [0.1, 0.15) is 30.0 Å². The molecule has 0 aromatic heterocycles. The van der Waals surface area contributed by atoms with Gasteiger partial charge in [-0.15, -0.1) is 0 Å². The summed E-state index contributed by atoms with van der Waals surface area (Å²) in [6, 6.07) is 12.4. The molecule has 0 spiro atoms. The Kier molecular flexibility index (Phi) is 5.25. The molecule has 1 N–H and O–H groups in total. The molecule has 0 bridgehead atoms. The molecular formula is C21H23FN2O3. The molecule has 142 valence electrons. The van der Waals surface area contributed by atoms with Crippen LogP contribution in [0, 0.1) is 5.82 Å². The van der Waals surface area contributed by atoms with Crippen molar-refractivity contribution in [1.29, 1.82) is 0 Å². The third kappa shape index (κ3) is 4.22. The van der Waals surface area contributed by atoms with Gasteiger partial charge in [0.25, 0.3) is 0 Å². The van der Waals surface area contributed by atoms with Gasteiger partial charge in [-0.05, 0) is 54.8 Å². The Morgan fingerprint density at radius 2 is 1.89 bits per heavy atom. The van der Waals surface area contributed by atoms with Crippen molar-refractivity contribution in [2.24, 2.45) is 0 Å². The molecule has 2 aromatic rings. The molecule has 6 heteroatoms. The number of likely N-dealkylation sites (tertiary alicyclic amines) is 1. The highest BCUT2D eigenvalue weighted by Gasteiger charge is 2.28. The van der Waals surface area contributed by atoms with E-state index >= 15 is 0 Å². The average Bonchev–Trinajstić information content (AvgIpc) is 3.15. The van der Waals surface area contributed by atoms with Crippen molar-refractivity contribution >= 4 is 5.91 Å². The maximum absolute atomic E-state index is 13.0. The lowest BCUT2D eigenvalue weighted by Gasteiger charge is -2.26. The minimum Gasteiger partial charge on any atom is -0.486 e. The van der Waals surface area contributed by atoms with Crippen LogP contribution in [-0.2, 0) is 11.3 Å². The number of ether oxygens (including phenoxy) is 2. The van der Waals surface area contributed by atoms with Crippen LogP contribution in [-0.4, -0.2) is 37.1 Å². The fourth-order valence-corrected chi connectivity index (χ4v) is 3.70. The lowest BCUT2D eigenvalue weighted by atomic mass is 10.0. The Labute approximate surface area is 158 Å². The molecule has 0 radical (unpaired) electrons. The molecule has 1 saturated heterocycles. The zero-order chi connectivity index (χ0) is 18.6. The smallest absolute Gasteiger partial charge is 0.234 e. The first-order valence-electron chi connectivity index (χ1n) is 9.34. The van der Waals surface area contributed by atoms with Gasteiger partial charge in [0, 0.05) is 12.6 Å². The van der Waals surface area contributed by atoms with Crippen LogP contribution in [0.4, 0.5) is 4.39 Å². The first-order chi connectivity index (χ1) is 13.2. The van der Waals surface area contributed by atoms with Crippen molar-refractivity contribution in [2.45, 2.75) is 25.4 Å². The largest absolute Gasteiger partial charge is 0.486 e. The number of nitrogens with one attached hydrogen (secondary N) is 1. The molecule has 1 amide bonds. The van der Waals surface area contributed by atoms with E-state index in [1.165, 1.54) is 12.1 Å². The van der Waals surface area contributed by atoms with Gasteiger partial charge in [0.1, 0.15) is 19.0 Å². The van der Waals surface area contributed by atoms with Crippen molar-refractivity contribution in [3.05, 3.63) is 59.4 Å². The van der Waals surface area contributed by atoms with E-state index in [2.05, 4.69) is 16.3 Å². The van der Waals surface area contributed by atoms with E-state index in [-0.39, 0.29) is 17.8 Å². The van der Waals surface area contributed by atoms with Crippen molar-refractivity contribution in [3.8, 4) is 11.5 Å². The molecule has 2 aliphatic heterocycles. The van der Waals surface area contributed by atoms with E-state index in [0.717, 1.165) is 42.0 Å². The summed E-state index contributed by atoms with van der Waals surface area (Å²) in [5.41, 5.74) is 2.04. The standard InChI is InChI=1S/C21H23FN2O3/c22-17-6-3-15(4-7-17)13-23-21(25)14-24-9-1-2-18(24)16-5-8-19-20(12-16)27-11-10-26-19/h3-8,12,18H,1-2,9-11,13-14H2,(H,23,25)/t18-/m1/s1. The van der Waals surface area contributed by atoms with Crippen molar-refractivity contribution < 1.29 is 18.7 Å². The summed E-state index contributed by atoms with van der Waals surface area (Å²) in [4.78, 5) is 14.6.